The Morgan fingerprint density at radius 2 is 2.43 bits per heavy atom. The van der Waals surface area contributed by atoms with Crippen LogP contribution in [0.25, 0.3) is 0 Å². The van der Waals surface area contributed by atoms with E-state index in [1.165, 1.54) is 11.8 Å². The predicted octanol–water partition coefficient (Wildman–Crippen LogP) is 2.22. The van der Waals surface area contributed by atoms with E-state index in [0.717, 1.165) is 16.2 Å². The van der Waals surface area contributed by atoms with Gasteiger partial charge in [0.15, 0.2) is 5.04 Å². The number of rotatable bonds is 1. The fourth-order valence-corrected chi connectivity index (χ4v) is 2.03. The lowest BCUT2D eigenvalue weighted by Crippen LogP contribution is -1.99. The van der Waals surface area contributed by atoms with Crippen molar-refractivity contribution in [1.82, 2.24) is 0 Å². The smallest absolute Gasteiger partial charge is 0.174 e. The summed E-state index contributed by atoms with van der Waals surface area (Å²) in [5, 5.41) is 9.22. The molecule has 70 valence electrons. The summed E-state index contributed by atoms with van der Waals surface area (Å²) in [6.45, 7) is 0.572. The summed E-state index contributed by atoms with van der Waals surface area (Å²) in [5.74, 6) is 0.833. The van der Waals surface area contributed by atoms with Gasteiger partial charge in [-0.05, 0) is 23.8 Å². The second-order valence-electron chi connectivity index (χ2n) is 2.81. The number of hydrogen-bond donors (Lipinski definition) is 0. The Morgan fingerprint density at radius 1 is 1.57 bits per heavy atom. The summed E-state index contributed by atoms with van der Waals surface area (Å²) >= 11 is 1.41. The monoisotopic (exact) mass is 204 g/mol. The van der Waals surface area contributed by atoms with Crippen molar-refractivity contribution in [3.8, 4) is 11.8 Å². The molecule has 0 saturated carbocycles. The summed E-state index contributed by atoms with van der Waals surface area (Å²) in [7, 11) is 1.64. The maximum Gasteiger partial charge on any atom is 0.174 e. The minimum atomic E-state index is 0.530. The highest BCUT2D eigenvalue weighted by molar-refractivity contribution is 8.14. The van der Waals surface area contributed by atoms with E-state index in [4.69, 9.17) is 10.00 Å². The van der Waals surface area contributed by atoms with Crippen molar-refractivity contribution in [2.75, 3.05) is 7.11 Å². The number of ether oxygens (including phenoxy) is 1. The molecule has 0 fully saturated rings. The first-order chi connectivity index (χ1) is 6.83. The zero-order valence-electron chi connectivity index (χ0n) is 7.65. The molecule has 0 unspecified atom stereocenters. The molecule has 0 aromatic heterocycles. The Hall–Kier alpha value is -1.47. The van der Waals surface area contributed by atoms with Crippen LogP contribution in [0.4, 0.5) is 0 Å². The molecule has 1 aliphatic heterocycles. The second kappa shape index (κ2) is 3.72. The van der Waals surface area contributed by atoms with Crippen molar-refractivity contribution in [3.05, 3.63) is 23.8 Å². The number of methoxy groups -OCH3 is 1. The second-order valence-corrected chi connectivity index (χ2v) is 3.84. The standard InChI is InChI=1S/C10H8N2OS/c1-13-8-2-3-9-7(4-8)6-12-10(5-11)14-9/h2-4H,6H2,1H3. The first-order valence-electron chi connectivity index (χ1n) is 4.13. The van der Waals surface area contributed by atoms with Crippen molar-refractivity contribution in [3.63, 3.8) is 0 Å². The number of fused-ring (bicyclic) bond motifs is 1. The lowest BCUT2D eigenvalue weighted by molar-refractivity contribution is 0.414. The van der Waals surface area contributed by atoms with Gasteiger partial charge in [0.2, 0.25) is 0 Å². The van der Waals surface area contributed by atoms with Crippen molar-refractivity contribution in [2.24, 2.45) is 4.99 Å². The molecule has 2 rings (SSSR count). The van der Waals surface area contributed by atoms with E-state index in [0.29, 0.717) is 11.6 Å². The van der Waals surface area contributed by atoms with E-state index >= 15 is 0 Å². The van der Waals surface area contributed by atoms with Gasteiger partial charge in [-0.3, -0.25) is 4.99 Å². The molecule has 14 heavy (non-hydrogen) atoms. The number of thioether (sulfide) groups is 1. The first kappa shape index (κ1) is 9.10. The van der Waals surface area contributed by atoms with E-state index in [-0.39, 0.29) is 0 Å². The van der Waals surface area contributed by atoms with Gasteiger partial charge in [-0.1, -0.05) is 11.8 Å². The maximum atomic E-state index is 8.69. The van der Waals surface area contributed by atoms with Crippen LogP contribution in [0.15, 0.2) is 28.1 Å². The molecule has 1 aliphatic rings. The van der Waals surface area contributed by atoms with E-state index in [2.05, 4.69) is 11.1 Å². The van der Waals surface area contributed by atoms with Crippen LogP contribution in [-0.2, 0) is 6.54 Å². The molecule has 3 nitrogen and oxygen atoms in total. The molecule has 0 N–H and O–H groups in total. The zero-order valence-corrected chi connectivity index (χ0v) is 8.47. The van der Waals surface area contributed by atoms with Gasteiger partial charge < -0.3 is 4.74 Å². The summed E-state index contributed by atoms with van der Waals surface area (Å²) in [4.78, 5) is 5.22. The average molecular weight is 204 g/mol. The van der Waals surface area contributed by atoms with Gasteiger partial charge in [0.05, 0.1) is 13.7 Å². The quantitative estimate of drug-likeness (QED) is 0.704. The summed E-state index contributed by atoms with van der Waals surface area (Å²) in [5.41, 5.74) is 1.12. The number of nitrogens with zero attached hydrogens (tertiary/aromatic N) is 2. The van der Waals surface area contributed by atoms with Gasteiger partial charge in [-0.15, -0.1) is 0 Å². The predicted molar refractivity (Wildman–Crippen MR) is 55.6 cm³/mol. The van der Waals surface area contributed by atoms with Gasteiger partial charge >= 0.3 is 0 Å². The van der Waals surface area contributed by atoms with E-state index < -0.39 is 0 Å². The summed E-state index contributed by atoms with van der Waals surface area (Å²) in [6, 6.07) is 7.87. The number of aliphatic imine (C=N–C) groups is 1. The zero-order chi connectivity index (χ0) is 9.97. The molecular formula is C10H8N2OS. The van der Waals surface area contributed by atoms with Gasteiger partial charge in [-0.25, -0.2) is 0 Å². The number of benzene rings is 1. The molecule has 0 aliphatic carbocycles. The minimum absolute atomic E-state index is 0.530. The van der Waals surface area contributed by atoms with Crippen molar-refractivity contribution in [2.45, 2.75) is 11.4 Å². The molecular weight excluding hydrogens is 196 g/mol. The Balaban J connectivity index is 2.34. The molecule has 0 amide bonds. The fraction of sp³-hybridized carbons (Fsp3) is 0.200. The molecule has 1 aromatic carbocycles. The van der Waals surface area contributed by atoms with Crippen molar-refractivity contribution >= 4 is 16.8 Å². The highest BCUT2D eigenvalue weighted by Crippen LogP contribution is 2.31. The normalized spacial score (nSPS) is 13.9. The summed E-state index contributed by atoms with van der Waals surface area (Å²) < 4.78 is 5.11. The van der Waals surface area contributed by atoms with E-state index in [1.807, 2.05) is 18.2 Å². The Morgan fingerprint density at radius 3 is 3.14 bits per heavy atom. The molecule has 0 saturated heterocycles. The van der Waals surface area contributed by atoms with E-state index in [1.54, 1.807) is 7.11 Å². The number of hydrogen-bond acceptors (Lipinski definition) is 4. The SMILES string of the molecule is COc1ccc2c(c1)CN=C(C#N)S2. The highest BCUT2D eigenvalue weighted by atomic mass is 32.2. The lowest BCUT2D eigenvalue weighted by atomic mass is 10.2. The maximum absolute atomic E-state index is 8.69. The largest absolute Gasteiger partial charge is 0.497 e. The minimum Gasteiger partial charge on any atom is -0.497 e. The van der Waals surface area contributed by atoms with Crippen LogP contribution in [0.2, 0.25) is 0 Å². The van der Waals surface area contributed by atoms with Crippen LogP contribution >= 0.6 is 11.8 Å². The first-order valence-corrected chi connectivity index (χ1v) is 4.94. The van der Waals surface area contributed by atoms with Gasteiger partial charge in [-0.2, -0.15) is 5.26 Å². The van der Waals surface area contributed by atoms with Crippen molar-refractivity contribution < 1.29 is 4.74 Å². The molecule has 4 heteroatoms. The summed E-state index contributed by atoms with van der Waals surface area (Å²) in [6.07, 6.45) is 0. The topological polar surface area (TPSA) is 45.4 Å². The Kier molecular flexibility index (Phi) is 2.42. The fourth-order valence-electron chi connectivity index (χ4n) is 1.26. The number of nitriles is 1. The third-order valence-electron chi connectivity index (χ3n) is 1.96. The molecule has 1 aromatic rings. The van der Waals surface area contributed by atoms with Gasteiger partial charge in [0.25, 0.3) is 0 Å². The van der Waals surface area contributed by atoms with Crippen LogP contribution in [0.1, 0.15) is 5.56 Å². The van der Waals surface area contributed by atoms with Crippen LogP contribution in [0, 0.1) is 11.3 Å². The highest BCUT2D eigenvalue weighted by Gasteiger charge is 2.13. The average Bonchev–Trinajstić information content (AvgIpc) is 2.27. The Labute approximate surface area is 86.4 Å². The molecule has 0 spiro atoms. The lowest BCUT2D eigenvalue weighted by Gasteiger charge is -2.12. The van der Waals surface area contributed by atoms with Gasteiger partial charge in [0, 0.05) is 4.90 Å². The third kappa shape index (κ3) is 1.59. The molecule has 0 atom stereocenters. The molecule has 1 heterocycles. The Bertz CT molecular complexity index is 434. The van der Waals surface area contributed by atoms with Crippen LogP contribution in [0.5, 0.6) is 5.75 Å². The molecule has 0 bridgehead atoms. The van der Waals surface area contributed by atoms with Crippen LogP contribution < -0.4 is 4.74 Å². The third-order valence-corrected chi connectivity index (χ3v) is 2.99. The van der Waals surface area contributed by atoms with Crippen LogP contribution in [-0.4, -0.2) is 12.2 Å². The van der Waals surface area contributed by atoms with Crippen molar-refractivity contribution in [1.29, 1.82) is 5.26 Å². The molecule has 0 radical (unpaired) electrons. The van der Waals surface area contributed by atoms with Gasteiger partial charge in [0.1, 0.15) is 11.8 Å². The van der Waals surface area contributed by atoms with Crippen LogP contribution in [0.3, 0.4) is 0 Å². The van der Waals surface area contributed by atoms with E-state index in [9.17, 15) is 0 Å².